The van der Waals surface area contributed by atoms with Gasteiger partial charge in [-0.2, -0.15) is 0 Å². The molecule has 2 N–H and O–H groups in total. The van der Waals surface area contributed by atoms with Gasteiger partial charge in [-0.3, -0.25) is 9.59 Å². The van der Waals surface area contributed by atoms with Crippen LogP contribution in [-0.4, -0.2) is 46.4 Å². The Morgan fingerprint density at radius 1 is 1.19 bits per heavy atom. The number of carbonyl (C=O) groups is 2. The smallest absolute Gasteiger partial charge is 0.291 e. The summed E-state index contributed by atoms with van der Waals surface area (Å²) < 4.78 is 5.23. The third-order valence-electron chi connectivity index (χ3n) is 4.86. The number of hydrogen-bond donors (Lipinski definition) is 2. The number of oxazole rings is 1. The summed E-state index contributed by atoms with van der Waals surface area (Å²) >= 11 is 0. The molecule has 2 amide bonds. The van der Waals surface area contributed by atoms with Crippen LogP contribution < -0.4 is 10.6 Å². The number of amides is 2. The first-order valence-electron chi connectivity index (χ1n) is 9.25. The molecule has 144 valence electrons. The SMILES string of the molecule is Cc1ncoc1C(=O)N1CCC(Nc2ccccc2)(C(=O)NC(C)C)CC1. The molecule has 0 spiro atoms. The van der Waals surface area contributed by atoms with E-state index in [1.807, 2.05) is 44.2 Å². The molecule has 0 atom stereocenters. The minimum Gasteiger partial charge on any atom is -0.438 e. The summed E-state index contributed by atoms with van der Waals surface area (Å²) in [6.45, 7) is 6.56. The molecule has 0 radical (unpaired) electrons. The van der Waals surface area contributed by atoms with Gasteiger partial charge in [-0.25, -0.2) is 4.98 Å². The van der Waals surface area contributed by atoms with Gasteiger partial charge in [0.15, 0.2) is 6.39 Å². The van der Waals surface area contributed by atoms with Gasteiger partial charge in [-0.15, -0.1) is 0 Å². The average Bonchev–Trinajstić information content (AvgIpc) is 3.08. The van der Waals surface area contributed by atoms with E-state index in [1.54, 1.807) is 11.8 Å². The lowest BCUT2D eigenvalue weighted by Gasteiger charge is -2.42. The minimum absolute atomic E-state index is 0.0377. The molecule has 0 aliphatic carbocycles. The van der Waals surface area contributed by atoms with Gasteiger partial charge in [0.1, 0.15) is 5.54 Å². The van der Waals surface area contributed by atoms with E-state index in [0.717, 1.165) is 5.69 Å². The zero-order chi connectivity index (χ0) is 19.4. The molecule has 1 aliphatic rings. The first-order chi connectivity index (χ1) is 12.9. The number of piperidine rings is 1. The van der Waals surface area contributed by atoms with Crippen LogP contribution in [0, 0.1) is 6.92 Å². The molecule has 1 aliphatic heterocycles. The Hall–Kier alpha value is -2.83. The van der Waals surface area contributed by atoms with E-state index in [2.05, 4.69) is 15.6 Å². The van der Waals surface area contributed by atoms with Crippen LogP contribution in [-0.2, 0) is 4.79 Å². The summed E-state index contributed by atoms with van der Waals surface area (Å²) in [6, 6.07) is 9.74. The molecule has 0 unspecified atom stereocenters. The monoisotopic (exact) mass is 370 g/mol. The summed E-state index contributed by atoms with van der Waals surface area (Å²) in [7, 11) is 0. The van der Waals surface area contributed by atoms with Crippen LogP contribution in [0.2, 0.25) is 0 Å². The van der Waals surface area contributed by atoms with Crippen LogP contribution in [0.15, 0.2) is 41.1 Å². The molecule has 2 heterocycles. The van der Waals surface area contributed by atoms with Crippen molar-refractivity contribution in [3.8, 4) is 0 Å². The molecule has 1 aromatic carbocycles. The second-order valence-electron chi connectivity index (χ2n) is 7.26. The number of benzene rings is 1. The molecule has 1 fully saturated rings. The Kier molecular flexibility index (Phi) is 5.48. The van der Waals surface area contributed by atoms with Crippen LogP contribution in [0.25, 0.3) is 0 Å². The van der Waals surface area contributed by atoms with Crippen molar-refractivity contribution in [1.29, 1.82) is 0 Å². The lowest BCUT2D eigenvalue weighted by molar-refractivity contribution is -0.127. The number of aryl methyl sites for hydroxylation is 1. The Balaban J connectivity index is 1.76. The fraction of sp³-hybridized carbons (Fsp3) is 0.450. The summed E-state index contributed by atoms with van der Waals surface area (Å²) in [5.74, 6) is 0.0528. The van der Waals surface area contributed by atoms with Crippen molar-refractivity contribution in [3.05, 3.63) is 48.2 Å². The van der Waals surface area contributed by atoms with E-state index in [9.17, 15) is 9.59 Å². The van der Waals surface area contributed by atoms with Gasteiger partial charge >= 0.3 is 0 Å². The lowest BCUT2D eigenvalue weighted by Crippen LogP contribution is -2.60. The maximum atomic E-state index is 13.0. The number of rotatable bonds is 5. The number of para-hydroxylation sites is 1. The molecule has 2 aromatic rings. The average molecular weight is 370 g/mol. The first kappa shape index (κ1) is 18.9. The predicted molar refractivity (Wildman–Crippen MR) is 102 cm³/mol. The van der Waals surface area contributed by atoms with E-state index in [0.29, 0.717) is 31.6 Å². The first-order valence-corrected chi connectivity index (χ1v) is 9.25. The van der Waals surface area contributed by atoms with Crippen LogP contribution in [0.3, 0.4) is 0 Å². The van der Waals surface area contributed by atoms with Crippen LogP contribution in [0.5, 0.6) is 0 Å². The number of aromatic nitrogens is 1. The van der Waals surface area contributed by atoms with Crippen molar-refractivity contribution in [1.82, 2.24) is 15.2 Å². The van der Waals surface area contributed by atoms with Crippen molar-refractivity contribution in [2.45, 2.75) is 45.2 Å². The number of nitrogens with one attached hydrogen (secondary N) is 2. The number of anilines is 1. The van der Waals surface area contributed by atoms with Crippen molar-refractivity contribution < 1.29 is 14.0 Å². The van der Waals surface area contributed by atoms with E-state index in [-0.39, 0.29) is 23.6 Å². The summed E-state index contributed by atoms with van der Waals surface area (Å²) in [5, 5.41) is 6.44. The Morgan fingerprint density at radius 3 is 2.41 bits per heavy atom. The normalized spacial score (nSPS) is 16.2. The number of hydrogen-bond acceptors (Lipinski definition) is 5. The second kappa shape index (κ2) is 7.82. The summed E-state index contributed by atoms with van der Waals surface area (Å²) in [5.41, 5.74) is 0.720. The minimum atomic E-state index is -0.751. The van der Waals surface area contributed by atoms with Crippen LogP contribution in [0.4, 0.5) is 5.69 Å². The topological polar surface area (TPSA) is 87.5 Å². The third kappa shape index (κ3) is 4.13. The van der Waals surface area contributed by atoms with E-state index < -0.39 is 5.54 Å². The molecule has 3 rings (SSSR count). The van der Waals surface area contributed by atoms with Crippen molar-refractivity contribution >= 4 is 17.5 Å². The van der Waals surface area contributed by atoms with E-state index in [1.165, 1.54) is 6.39 Å². The maximum absolute atomic E-state index is 13.0. The molecule has 1 saturated heterocycles. The number of likely N-dealkylation sites (tertiary alicyclic amines) is 1. The fourth-order valence-electron chi connectivity index (χ4n) is 3.35. The van der Waals surface area contributed by atoms with Gasteiger partial charge < -0.3 is 20.0 Å². The summed E-state index contributed by atoms with van der Waals surface area (Å²) in [6.07, 6.45) is 2.31. The molecule has 27 heavy (non-hydrogen) atoms. The maximum Gasteiger partial charge on any atom is 0.291 e. The fourth-order valence-corrected chi connectivity index (χ4v) is 3.35. The Morgan fingerprint density at radius 2 is 1.85 bits per heavy atom. The lowest BCUT2D eigenvalue weighted by atomic mass is 9.85. The molecule has 7 nitrogen and oxygen atoms in total. The van der Waals surface area contributed by atoms with Gasteiger partial charge in [-0.1, -0.05) is 18.2 Å². The Labute approximate surface area is 159 Å². The largest absolute Gasteiger partial charge is 0.438 e. The Bertz CT molecular complexity index is 793. The molecular formula is C20H26N4O3. The highest BCUT2D eigenvalue weighted by Crippen LogP contribution is 2.29. The molecular weight excluding hydrogens is 344 g/mol. The predicted octanol–water partition coefficient (Wildman–Crippen LogP) is 2.59. The zero-order valence-corrected chi connectivity index (χ0v) is 16.0. The van der Waals surface area contributed by atoms with Gasteiger partial charge in [0.25, 0.3) is 5.91 Å². The number of nitrogens with zero attached hydrogens (tertiary/aromatic N) is 2. The van der Waals surface area contributed by atoms with Crippen LogP contribution in [0.1, 0.15) is 42.9 Å². The number of carbonyl (C=O) groups excluding carboxylic acids is 2. The van der Waals surface area contributed by atoms with E-state index >= 15 is 0 Å². The van der Waals surface area contributed by atoms with Crippen molar-refractivity contribution in [3.63, 3.8) is 0 Å². The molecule has 7 heteroatoms. The second-order valence-corrected chi connectivity index (χ2v) is 7.26. The van der Waals surface area contributed by atoms with E-state index in [4.69, 9.17) is 4.42 Å². The highest BCUT2D eigenvalue weighted by Gasteiger charge is 2.43. The van der Waals surface area contributed by atoms with Crippen molar-refractivity contribution in [2.24, 2.45) is 0 Å². The third-order valence-corrected chi connectivity index (χ3v) is 4.86. The highest BCUT2D eigenvalue weighted by molar-refractivity contribution is 5.93. The molecule has 0 saturated carbocycles. The van der Waals surface area contributed by atoms with Gasteiger partial charge in [0.2, 0.25) is 11.7 Å². The standard InChI is InChI=1S/C20H26N4O3/c1-14(2)22-19(26)20(23-16-7-5-4-6-8-16)9-11-24(12-10-20)18(25)17-15(3)21-13-27-17/h4-8,13-14,23H,9-12H2,1-3H3,(H,22,26). The highest BCUT2D eigenvalue weighted by atomic mass is 16.3. The van der Waals surface area contributed by atoms with Gasteiger partial charge in [0, 0.05) is 24.8 Å². The zero-order valence-electron chi connectivity index (χ0n) is 16.0. The van der Waals surface area contributed by atoms with Gasteiger partial charge in [0.05, 0.1) is 5.69 Å². The molecule has 0 bridgehead atoms. The van der Waals surface area contributed by atoms with Crippen molar-refractivity contribution in [2.75, 3.05) is 18.4 Å². The molecule has 1 aromatic heterocycles. The van der Waals surface area contributed by atoms with Gasteiger partial charge in [-0.05, 0) is 45.7 Å². The quantitative estimate of drug-likeness (QED) is 0.845. The van der Waals surface area contributed by atoms with Crippen LogP contribution >= 0.6 is 0 Å². The summed E-state index contributed by atoms with van der Waals surface area (Å²) in [4.78, 5) is 31.4.